The van der Waals surface area contributed by atoms with Crippen LogP contribution in [-0.4, -0.2) is 89.3 Å². The summed E-state index contributed by atoms with van der Waals surface area (Å²) in [4.78, 5) is 26.1. The van der Waals surface area contributed by atoms with Crippen LogP contribution in [0.15, 0.2) is 53.0 Å². The Hall–Kier alpha value is -2.46. The number of methoxy groups -OCH3 is 1. The fraction of sp³-hybridized carbons (Fsp3) is 0.462. The fourth-order valence-corrected chi connectivity index (χ4v) is 5.09. The molecule has 2 saturated heterocycles. The standard InChI is InChI=1S/C24H32BrN3O.C2H2O4/c1-29-24-8-7-22(25)17-21(24)19-27-13-15-28(16-14-27)23-9-11-26(12-10-23)18-20-5-3-2-4-6-20;3-1(4)2(5)6/h2-8,17,23H,9-16,18-19H2,1H3;(H,3,4)(H,5,6). The zero-order chi connectivity index (χ0) is 25.2. The Kier molecular flexibility index (Phi) is 10.5. The van der Waals surface area contributed by atoms with Gasteiger partial charge < -0.3 is 14.9 Å². The van der Waals surface area contributed by atoms with E-state index in [9.17, 15) is 0 Å². The molecule has 2 aliphatic heterocycles. The summed E-state index contributed by atoms with van der Waals surface area (Å²) in [5.74, 6) is -2.66. The molecule has 0 amide bonds. The van der Waals surface area contributed by atoms with Crippen LogP contribution in [0.25, 0.3) is 0 Å². The van der Waals surface area contributed by atoms with Gasteiger partial charge in [0.05, 0.1) is 7.11 Å². The first-order valence-corrected chi connectivity index (χ1v) is 12.7. The molecule has 4 rings (SSSR count). The molecular formula is C26H34BrN3O5. The summed E-state index contributed by atoms with van der Waals surface area (Å²) in [6, 6.07) is 17.9. The van der Waals surface area contributed by atoms with Gasteiger partial charge in [0.1, 0.15) is 5.75 Å². The number of piperazine rings is 1. The maximum absolute atomic E-state index is 9.10. The second-order valence-electron chi connectivity index (χ2n) is 8.87. The summed E-state index contributed by atoms with van der Waals surface area (Å²) >= 11 is 3.59. The molecule has 9 heteroatoms. The van der Waals surface area contributed by atoms with E-state index < -0.39 is 11.9 Å². The zero-order valence-corrected chi connectivity index (χ0v) is 21.7. The molecule has 190 valence electrons. The Bertz CT molecular complexity index is 947. The first-order chi connectivity index (χ1) is 16.9. The van der Waals surface area contributed by atoms with Gasteiger partial charge in [0.2, 0.25) is 0 Å². The van der Waals surface area contributed by atoms with E-state index in [4.69, 9.17) is 24.5 Å². The molecule has 0 radical (unpaired) electrons. The third-order valence-electron chi connectivity index (χ3n) is 6.55. The number of hydrogen-bond donors (Lipinski definition) is 2. The number of likely N-dealkylation sites (tertiary alicyclic amines) is 1. The highest BCUT2D eigenvalue weighted by atomic mass is 79.9. The van der Waals surface area contributed by atoms with Crippen molar-refractivity contribution < 1.29 is 24.5 Å². The van der Waals surface area contributed by atoms with Crippen molar-refractivity contribution >= 4 is 27.9 Å². The average Bonchev–Trinajstić information content (AvgIpc) is 2.86. The smallest absolute Gasteiger partial charge is 0.414 e. The van der Waals surface area contributed by atoms with E-state index in [1.54, 1.807) is 7.11 Å². The van der Waals surface area contributed by atoms with Gasteiger partial charge in [0.25, 0.3) is 0 Å². The van der Waals surface area contributed by atoms with Gasteiger partial charge in [-0.3, -0.25) is 14.7 Å². The Labute approximate surface area is 215 Å². The quantitative estimate of drug-likeness (QED) is 0.531. The van der Waals surface area contributed by atoms with Crippen molar-refractivity contribution in [3.8, 4) is 5.75 Å². The Morgan fingerprint density at radius 2 is 1.49 bits per heavy atom. The molecule has 0 aliphatic carbocycles. The summed E-state index contributed by atoms with van der Waals surface area (Å²) < 4.78 is 6.67. The van der Waals surface area contributed by atoms with Crippen LogP contribution in [0.2, 0.25) is 0 Å². The summed E-state index contributed by atoms with van der Waals surface area (Å²) in [5.41, 5.74) is 2.70. The lowest BCUT2D eigenvalue weighted by Gasteiger charge is -2.43. The van der Waals surface area contributed by atoms with E-state index in [1.807, 2.05) is 6.07 Å². The predicted molar refractivity (Wildman–Crippen MR) is 138 cm³/mol. The van der Waals surface area contributed by atoms with Crippen LogP contribution in [0, 0.1) is 0 Å². The van der Waals surface area contributed by atoms with Crippen molar-refractivity contribution in [2.24, 2.45) is 0 Å². The van der Waals surface area contributed by atoms with Crippen molar-refractivity contribution in [1.29, 1.82) is 0 Å². The van der Waals surface area contributed by atoms with E-state index in [-0.39, 0.29) is 0 Å². The minimum absolute atomic E-state index is 0.754. The Morgan fingerprint density at radius 3 is 2.06 bits per heavy atom. The monoisotopic (exact) mass is 547 g/mol. The van der Waals surface area contributed by atoms with Crippen LogP contribution in [0.3, 0.4) is 0 Å². The summed E-state index contributed by atoms with van der Waals surface area (Å²) in [6.07, 6.45) is 2.60. The third kappa shape index (κ3) is 8.61. The maximum atomic E-state index is 9.10. The van der Waals surface area contributed by atoms with E-state index in [0.29, 0.717) is 0 Å². The highest BCUT2D eigenvalue weighted by Crippen LogP contribution is 2.26. The summed E-state index contributed by atoms with van der Waals surface area (Å²) in [5, 5.41) is 14.8. The number of halogens is 1. The minimum atomic E-state index is -1.82. The molecule has 8 nitrogen and oxygen atoms in total. The number of carboxylic acids is 2. The summed E-state index contributed by atoms with van der Waals surface area (Å²) in [7, 11) is 1.76. The van der Waals surface area contributed by atoms with Crippen LogP contribution in [0.5, 0.6) is 5.75 Å². The molecule has 2 aromatic rings. The molecule has 2 aromatic carbocycles. The molecule has 0 saturated carbocycles. The number of benzene rings is 2. The van der Waals surface area contributed by atoms with Crippen molar-refractivity contribution in [1.82, 2.24) is 14.7 Å². The van der Waals surface area contributed by atoms with Gasteiger partial charge in [0, 0.05) is 55.3 Å². The van der Waals surface area contributed by atoms with Crippen molar-refractivity contribution in [3.63, 3.8) is 0 Å². The molecule has 2 heterocycles. The van der Waals surface area contributed by atoms with Crippen LogP contribution in [-0.2, 0) is 22.7 Å². The van der Waals surface area contributed by atoms with Gasteiger partial charge in [0.15, 0.2) is 0 Å². The van der Waals surface area contributed by atoms with E-state index >= 15 is 0 Å². The number of aliphatic carboxylic acids is 2. The fourth-order valence-electron chi connectivity index (χ4n) is 4.68. The SMILES string of the molecule is COc1ccc(Br)cc1CN1CCN(C2CCN(Cc3ccccc3)CC2)CC1.O=C(O)C(=O)O. The van der Waals surface area contributed by atoms with Gasteiger partial charge in [-0.1, -0.05) is 46.3 Å². The number of carbonyl (C=O) groups is 2. The van der Waals surface area contributed by atoms with Gasteiger partial charge >= 0.3 is 11.9 Å². The van der Waals surface area contributed by atoms with Crippen molar-refractivity contribution in [2.45, 2.75) is 32.0 Å². The lowest BCUT2D eigenvalue weighted by atomic mass is 10.0. The Morgan fingerprint density at radius 1 is 0.886 bits per heavy atom. The number of piperidine rings is 1. The largest absolute Gasteiger partial charge is 0.496 e. The molecule has 2 N–H and O–H groups in total. The molecule has 2 aliphatic rings. The number of ether oxygens (including phenoxy) is 1. The Balaban J connectivity index is 0.000000509. The number of hydrogen-bond acceptors (Lipinski definition) is 6. The van der Waals surface area contributed by atoms with Crippen LogP contribution in [0.1, 0.15) is 24.0 Å². The van der Waals surface area contributed by atoms with E-state index in [1.165, 1.54) is 50.1 Å². The highest BCUT2D eigenvalue weighted by Gasteiger charge is 2.27. The minimum Gasteiger partial charge on any atom is -0.496 e. The predicted octanol–water partition coefficient (Wildman–Crippen LogP) is 3.40. The lowest BCUT2D eigenvalue weighted by molar-refractivity contribution is -0.159. The third-order valence-corrected chi connectivity index (χ3v) is 7.04. The van der Waals surface area contributed by atoms with Gasteiger partial charge in [-0.05, 0) is 49.7 Å². The highest BCUT2D eigenvalue weighted by molar-refractivity contribution is 9.10. The van der Waals surface area contributed by atoms with Crippen molar-refractivity contribution in [2.75, 3.05) is 46.4 Å². The molecule has 0 aromatic heterocycles. The topological polar surface area (TPSA) is 93.5 Å². The molecule has 0 atom stereocenters. The molecule has 0 bridgehead atoms. The maximum Gasteiger partial charge on any atom is 0.414 e. The number of rotatable bonds is 6. The molecular weight excluding hydrogens is 514 g/mol. The average molecular weight is 548 g/mol. The second kappa shape index (κ2) is 13.6. The second-order valence-corrected chi connectivity index (χ2v) is 9.79. The normalized spacial score (nSPS) is 17.9. The molecule has 2 fully saturated rings. The van der Waals surface area contributed by atoms with E-state index in [0.717, 1.165) is 42.4 Å². The van der Waals surface area contributed by atoms with Gasteiger partial charge in [-0.2, -0.15) is 0 Å². The lowest BCUT2D eigenvalue weighted by Crippen LogP contribution is -2.52. The zero-order valence-electron chi connectivity index (χ0n) is 20.1. The number of carboxylic acid groups (broad SMARTS) is 2. The van der Waals surface area contributed by atoms with Gasteiger partial charge in [-0.25, -0.2) is 9.59 Å². The van der Waals surface area contributed by atoms with Crippen LogP contribution >= 0.6 is 15.9 Å². The van der Waals surface area contributed by atoms with Crippen LogP contribution < -0.4 is 4.74 Å². The number of nitrogens with zero attached hydrogens (tertiary/aromatic N) is 3. The molecule has 35 heavy (non-hydrogen) atoms. The van der Waals surface area contributed by atoms with E-state index in [2.05, 4.69) is 73.1 Å². The van der Waals surface area contributed by atoms with Crippen molar-refractivity contribution in [3.05, 3.63) is 64.1 Å². The van der Waals surface area contributed by atoms with Crippen LogP contribution in [0.4, 0.5) is 0 Å². The molecule has 0 unspecified atom stereocenters. The first kappa shape index (κ1) is 27.1. The summed E-state index contributed by atoms with van der Waals surface area (Å²) in [6.45, 7) is 9.13. The molecule has 0 spiro atoms. The first-order valence-electron chi connectivity index (χ1n) is 11.9. The van der Waals surface area contributed by atoms with Gasteiger partial charge in [-0.15, -0.1) is 0 Å².